The Morgan fingerprint density at radius 2 is 2.31 bits per heavy atom. The minimum atomic E-state index is -0.498. The molecule has 0 saturated carbocycles. The lowest BCUT2D eigenvalue weighted by Crippen LogP contribution is -2.12. The number of rotatable bonds is 5. The standard InChI is InChI=1S/C10H13FN2O2S/c1-7(5-12)16-6-8-4-9(11)2-3-10(8)13(14)15/h2-4,7H,5-6,12H2,1H3. The van der Waals surface area contributed by atoms with Crippen LogP contribution in [0.1, 0.15) is 12.5 Å². The first-order valence-electron chi connectivity index (χ1n) is 4.79. The van der Waals surface area contributed by atoms with E-state index in [0.29, 0.717) is 17.9 Å². The van der Waals surface area contributed by atoms with E-state index in [4.69, 9.17) is 5.73 Å². The highest BCUT2D eigenvalue weighted by atomic mass is 32.2. The van der Waals surface area contributed by atoms with Gasteiger partial charge < -0.3 is 5.73 Å². The maximum Gasteiger partial charge on any atom is 0.273 e. The second-order valence-corrected chi connectivity index (χ2v) is 4.81. The minimum absolute atomic E-state index is 0.0434. The molecule has 1 aromatic rings. The van der Waals surface area contributed by atoms with Gasteiger partial charge in [-0.05, 0) is 12.1 Å². The summed E-state index contributed by atoms with van der Waals surface area (Å²) in [5.41, 5.74) is 5.79. The van der Waals surface area contributed by atoms with Crippen molar-refractivity contribution < 1.29 is 9.31 Å². The van der Waals surface area contributed by atoms with E-state index in [-0.39, 0.29) is 10.9 Å². The highest BCUT2D eigenvalue weighted by Crippen LogP contribution is 2.25. The van der Waals surface area contributed by atoms with Crippen LogP contribution in [0.15, 0.2) is 18.2 Å². The van der Waals surface area contributed by atoms with E-state index in [2.05, 4.69) is 0 Å². The van der Waals surface area contributed by atoms with Gasteiger partial charge in [0, 0.05) is 29.2 Å². The van der Waals surface area contributed by atoms with Gasteiger partial charge in [0.15, 0.2) is 0 Å². The zero-order valence-electron chi connectivity index (χ0n) is 8.85. The Morgan fingerprint density at radius 1 is 1.62 bits per heavy atom. The third-order valence-electron chi connectivity index (χ3n) is 2.09. The van der Waals surface area contributed by atoms with Gasteiger partial charge in [-0.1, -0.05) is 6.92 Å². The fourth-order valence-electron chi connectivity index (χ4n) is 1.15. The van der Waals surface area contributed by atoms with Crippen LogP contribution in [0.25, 0.3) is 0 Å². The van der Waals surface area contributed by atoms with Crippen molar-refractivity contribution in [2.24, 2.45) is 5.73 Å². The monoisotopic (exact) mass is 244 g/mol. The summed E-state index contributed by atoms with van der Waals surface area (Å²) in [7, 11) is 0. The van der Waals surface area contributed by atoms with E-state index in [9.17, 15) is 14.5 Å². The molecule has 0 heterocycles. The van der Waals surface area contributed by atoms with Crippen molar-refractivity contribution in [3.8, 4) is 0 Å². The van der Waals surface area contributed by atoms with Crippen molar-refractivity contribution in [1.82, 2.24) is 0 Å². The average Bonchev–Trinajstić information content (AvgIpc) is 2.25. The fourth-order valence-corrected chi connectivity index (χ4v) is 1.98. The molecule has 6 heteroatoms. The highest BCUT2D eigenvalue weighted by Gasteiger charge is 2.15. The molecule has 4 nitrogen and oxygen atoms in total. The molecule has 0 aromatic heterocycles. The molecule has 0 aliphatic heterocycles. The van der Waals surface area contributed by atoms with Crippen molar-refractivity contribution in [1.29, 1.82) is 0 Å². The fraction of sp³-hybridized carbons (Fsp3) is 0.400. The number of benzene rings is 1. The molecule has 16 heavy (non-hydrogen) atoms. The number of thioether (sulfide) groups is 1. The zero-order valence-corrected chi connectivity index (χ0v) is 9.67. The lowest BCUT2D eigenvalue weighted by atomic mass is 10.2. The van der Waals surface area contributed by atoms with E-state index < -0.39 is 10.7 Å². The molecule has 0 bridgehead atoms. The van der Waals surface area contributed by atoms with Crippen LogP contribution in [0.3, 0.4) is 0 Å². The number of nitro groups is 1. The Bertz CT molecular complexity index is 387. The van der Waals surface area contributed by atoms with Crippen LogP contribution in [0.2, 0.25) is 0 Å². The first kappa shape index (κ1) is 12.9. The molecule has 0 saturated heterocycles. The Morgan fingerprint density at radius 3 is 2.88 bits per heavy atom. The van der Waals surface area contributed by atoms with Gasteiger partial charge >= 0.3 is 0 Å². The lowest BCUT2D eigenvalue weighted by molar-refractivity contribution is -0.385. The number of nitrogens with two attached hydrogens (primary N) is 1. The van der Waals surface area contributed by atoms with Crippen molar-refractivity contribution in [3.05, 3.63) is 39.7 Å². The molecule has 0 fully saturated rings. The first-order chi connectivity index (χ1) is 7.54. The normalized spacial score (nSPS) is 12.4. The third-order valence-corrected chi connectivity index (χ3v) is 3.33. The predicted molar refractivity (Wildman–Crippen MR) is 62.9 cm³/mol. The van der Waals surface area contributed by atoms with Gasteiger partial charge in [0.05, 0.1) is 4.92 Å². The van der Waals surface area contributed by atoms with Crippen molar-refractivity contribution in [2.75, 3.05) is 6.54 Å². The Labute approximate surface area is 97.2 Å². The largest absolute Gasteiger partial charge is 0.329 e. The number of hydrogen-bond donors (Lipinski definition) is 1. The van der Waals surface area contributed by atoms with E-state index in [1.54, 1.807) is 0 Å². The topological polar surface area (TPSA) is 69.2 Å². The van der Waals surface area contributed by atoms with Crippen LogP contribution in [0, 0.1) is 15.9 Å². The number of halogens is 1. The molecule has 1 rings (SSSR count). The van der Waals surface area contributed by atoms with Crippen LogP contribution in [-0.4, -0.2) is 16.7 Å². The molecular weight excluding hydrogens is 231 g/mol. The van der Waals surface area contributed by atoms with Gasteiger partial charge in [-0.3, -0.25) is 10.1 Å². The highest BCUT2D eigenvalue weighted by molar-refractivity contribution is 7.99. The Kier molecular flexibility index (Phi) is 4.70. The minimum Gasteiger partial charge on any atom is -0.329 e. The van der Waals surface area contributed by atoms with E-state index >= 15 is 0 Å². The first-order valence-corrected chi connectivity index (χ1v) is 5.84. The lowest BCUT2D eigenvalue weighted by Gasteiger charge is -2.08. The molecule has 2 N–H and O–H groups in total. The maximum atomic E-state index is 13.0. The Balaban J connectivity index is 2.84. The summed E-state index contributed by atoms with van der Waals surface area (Å²) in [4.78, 5) is 10.2. The average molecular weight is 244 g/mol. The third kappa shape index (κ3) is 3.46. The molecule has 0 aliphatic rings. The summed E-state index contributed by atoms with van der Waals surface area (Å²) in [6.07, 6.45) is 0. The van der Waals surface area contributed by atoms with Crippen LogP contribution in [0.5, 0.6) is 0 Å². The van der Waals surface area contributed by atoms with Gasteiger partial charge in [-0.15, -0.1) is 0 Å². The summed E-state index contributed by atoms with van der Waals surface area (Å²) in [5.74, 6) is -0.0616. The summed E-state index contributed by atoms with van der Waals surface area (Å²) < 4.78 is 13.0. The van der Waals surface area contributed by atoms with Crippen molar-refractivity contribution in [3.63, 3.8) is 0 Å². The molecular formula is C10H13FN2O2S. The van der Waals surface area contributed by atoms with Gasteiger partial charge in [0.25, 0.3) is 5.69 Å². The van der Waals surface area contributed by atoms with Gasteiger partial charge in [0.1, 0.15) is 5.82 Å². The van der Waals surface area contributed by atoms with Crippen LogP contribution < -0.4 is 5.73 Å². The molecule has 0 spiro atoms. The quantitative estimate of drug-likeness (QED) is 0.637. The Hall–Kier alpha value is -1.14. The number of nitrogens with zero attached hydrogens (tertiary/aromatic N) is 1. The second-order valence-electron chi connectivity index (χ2n) is 3.39. The molecule has 1 unspecified atom stereocenters. The SMILES string of the molecule is CC(CN)SCc1cc(F)ccc1[N+](=O)[O-]. The molecule has 0 aliphatic carbocycles. The van der Waals surface area contributed by atoms with Crippen molar-refractivity contribution >= 4 is 17.4 Å². The summed E-state index contributed by atoms with van der Waals surface area (Å²) in [6, 6.07) is 3.49. The number of nitro benzene ring substituents is 1. The molecule has 1 atom stereocenters. The smallest absolute Gasteiger partial charge is 0.273 e. The van der Waals surface area contributed by atoms with Crippen LogP contribution >= 0.6 is 11.8 Å². The van der Waals surface area contributed by atoms with Crippen molar-refractivity contribution in [2.45, 2.75) is 17.9 Å². The predicted octanol–water partition coefficient (Wildman–Crippen LogP) is 2.31. The summed E-state index contributed by atoms with van der Waals surface area (Å²) >= 11 is 1.47. The van der Waals surface area contributed by atoms with E-state index in [1.807, 2.05) is 6.92 Å². The molecule has 0 radical (unpaired) electrons. The van der Waals surface area contributed by atoms with Gasteiger partial charge in [-0.25, -0.2) is 4.39 Å². The van der Waals surface area contributed by atoms with E-state index in [0.717, 1.165) is 6.07 Å². The van der Waals surface area contributed by atoms with Crippen LogP contribution in [-0.2, 0) is 5.75 Å². The molecule has 0 amide bonds. The summed E-state index contributed by atoms with van der Waals surface area (Å²) in [6.45, 7) is 2.42. The molecule has 88 valence electrons. The van der Waals surface area contributed by atoms with Gasteiger partial charge in [0.2, 0.25) is 0 Å². The molecule has 1 aromatic carbocycles. The van der Waals surface area contributed by atoms with E-state index in [1.165, 1.54) is 23.9 Å². The van der Waals surface area contributed by atoms with Crippen LogP contribution in [0.4, 0.5) is 10.1 Å². The number of hydrogen-bond acceptors (Lipinski definition) is 4. The second kappa shape index (κ2) is 5.81. The maximum absolute atomic E-state index is 13.0. The summed E-state index contributed by atoms with van der Waals surface area (Å²) in [5, 5.41) is 10.9. The van der Waals surface area contributed by atoms with Gasteiger partial charge in [-0.2, -0.15) is 11.8 Å². The zero-order chi connectivity index (χ0) is 12.1.